The normalized spacial score (nSPS) is 12.1. The average molecular weight is 404 g/mol. The molecule has 156 valence electrons. The Hall–Kier alpha value is -3.06. The first-order chi connectivity index (χ1) is 14.0. The zero-order chi connectivity index (χ0) is 22.3. The molecule has 0 radical (unpaired) electrons. The van der Waals surface area contributed by atoms with E-state index in [4.69, 9.17) is 9.15 Å². The summed E-state index contributed by atoms with van der Waals surface area (Å²) in [5, 5.41) is 9.93. The summed E-state index contributed by atoms with van der Waals surface area (Å²) >= 11 is 0. The number of rotatable bonds is 4. The molecule has 0 saturated heterocycles. The van der Waals surface area contributed by atoms with Gasteiger partial charge in [0.05, 0.1) is 11.6 Å². The van der Waals surface area contributed by atoms with Crippen LogP contribution < -0.4 is 0 Å². The number of ether oxygens (including phenoxy) is 1. The Balaban J connectivity index is 2.25. The summed E-state index contributed by atoms with van der Waals surface area (Å²) in [5.74, 6) is 0.126. The van der Waals surface area contributed by atoms with Crippen molar-refractivity contribution < 1.29 is 13.9 Å². The third-order valence-corrected chi connectivity index (χ3v) is 5.43. The highest BCUT2D eigenvalue weighted by atomic mass is 16.6. The molecule has 3 rings (SSSR count). The number of carbonyl (C=O) groups excluding carboxylic acids is 1. The molecule has 0 amide bonds. The van der Waals surface area contributed by atoms with Crippen LogP contribution in [0.4, 0.5) is 0 Å². The van der Waals surface area contributed by atoms with Crippen molar-refractivity contribution in [2.45, 2.75) is 65.9 Å². The van der Waals surface area contributed by atoms with Crippen LogP contribution in [-0.2, 0) is 16.6 Å². The topological polar surface area (TPSA) is 63.2 Å². The van der Waals surface area contributed by atoms with Crippen LogP contribution in [0, 0.1) is 18.3 Å². The molecular formula is C26H29NO3. The number of benzene rings is 2. The van der Waals surface area contributed by atoms with Gasteiger partial charge in [0.25, 0.3) is 0 Å². The fourth-order valence-electron chi connectivity index (χ4n) is 3.75. The number of fused-ring (bicyclic) bond motifs is 1. The van der Waals surface area contributed by atoms with Crippen LogP contribution in [0.3, 0.4) is 0 Å². The van der Waals surface area contributed by atoms with Gasteiger partial charge in [-0.15, -0.1) is 0 Å². The van der Waals surface area contributed by atoms with Crippen LogP contribution in [0.2, 0.25) is 0 Å². The standard InChI is InChI=1S/C26H29NO3/c1-8-18-10-11-19(13-16(18)2)26(6,7)23-22(24(28)30-25(3,4)5)20-12-9-17(15-27)14-21(20)29-23/h9-14H,8H2,1-7H3. The van der Waals surface area contributed by atoms with Crippen molar-refractivity contribution in [1.29, 1.82) is 5.26 Å². The lowest BCUT2D eigenvalue weighted by molar-refractivity contribution is 0.00678. The second kappa shape index (κ2) is 7.65. The van der Waals surface area contributed by atoms with Gasteiger partial charge in [-0.3, -0.25) is 0 Å². The van der Waals surface area contributed by atoms with E-state index in [1.54, 1.807) is 18.2 Å². The van der Waals surface area contributed by atoms with Gasteiger partial charge < -0.3 is 9.15 Å². The van der Waals surface area contributed by atoms with Crippen molar-refractivity contribution in [3.8, 4) is 6.07 Å². The Bertz CT molecular complexity index is 1150. The number of furan rings is 1. The molecule has 0 aliphatic carbocycles. The van der Waals surface area contributed by atoms with Crippen molar-refractivity contribution in [3.05, 3.63) is 70.0 Å². The van der Waals surface area contributed by atoms with Gasteiger partial charge in [0.1, 0.15) is 22.5 Å². The highest BCUT2D eigenvalue weighted by Crippen LogP contribution is 2.40. The third-order valence-electron chi connectivity index (χ3n) is 5.43. The van der Waals surface area contributed by atoms with Crippen molar-refractivity contribution in [2.24, 2.45) is 0 Å². The lowest BCUT2D eigenvalue weighted by atomic mass is 9.79. The second-order valence-electron chi connectivity index (χ2n) is 9.25. The summed E-state index contributed by atoms with van der Waals surface area (Å²) in [4.78, 5) is 13.2. The summed E-state index contributed by atoms with van der Waals surface area (Å²) < 4.78 is 12.0. The van der Waals surface area contributed by atoms with Gasteiger partial charge in [0, 0.05) is 10.8 Å². The third kappa shape index (κ3) is 3.98. The fourth-order valence-corrected chi connectivity index (χ4v) is 3.75. The molecule has 0 bridgehead atoms. The van der Waals surface area contributed by atoms with E-state index in [0.29, 0.717) is 27.9 Å². The van der Waals surface area contributed by atoms with Crippen LogP contribution in [0.15, 0.2) is 40.8 Å². The van der Waals surface area contributed by atoms with Crippen LogP contribution in [0.1, 0.15) is 79.9 Å². The summed E-state index contributed by atoms with van der Waals surface area (Å²) in [6.07, 6.45) is 0.970. The average Bonchev–Trinajstić information content (AvgIpc) is 3.06. The Morgan fingerprint density at radius 2 is 1.80 bits per heavy atom. The Labute approximate surface area is 178 Å². The molecule has 0 fully saturated rings. The molecule has 3 aromatic rings. The molecule has 0 spiro atoms. The monoisotopic (exact) mass is 403 g/mol. The van der Waals surface area contributed by atoms with Crippen molar-refractivity contribution in [2.75, 3.05) is 0 Å². The lowest BCUT2D eigenvalue weighted by Crippen LogP contribution is -2.27. The van der Waals surface area contributed by atoms with Crippen molar-refractivity contribution in [1.82, 2.24) is 0 Å². The predicted octanol–water partition coefficient (Wildman–Crippen LogP) is 6.46. The zero-order valence-electron chi connectivity index (χ0n) is 18.8. The molecule has 0 saturated carbocycles. The predicted molar refractivity (Wildman–Crippen MR) is 119 cm³/mol. The lowest BCUT2D eigenvalue weighted by Gasteiger charge is -2.26. The number of carbonyl (C=O) groups is 1. The first-order valence-corrected chi connectivity index (χ1v) is 10.3. The van der Waals surface area contributed by atoms with E-state index in [9.17, 15) is 10.1 Å². The minimum atomic E-state index is -0.631. The Morgan fingerprint density at radius 3 is 2.37 bits per heavy atom. The number of hydrogen-bond acceptors (Lipinski definition) is 4. The van der Waals surface area contributed by atoms with Gasteiger partial charge in [0.15, 0.2) is 0 Å². The highest BCUT2D eigenvalue weighted by Gasteiger charge is 2.36. The van der Waals surface area contributed by atoms with E-state index in [0.717, 1.165) is 12.0 Å². The molecule has 4 heteroatoms. The quantitative estimate of drug-likeness (QED) is 0.469. The molecule has 0 unspecified atom stereocenters. The van der Waals surface area contributed by atoms with Crippen LogP contribution in [0.25, 0.3) is 11.0 Å². The maximum absolute atomic E-state index is 13.2. The summed E-state index contributed by atoms with van der Waals surface area (Å²) in [7, 11) is 0. The zero-order valence-corrected chi connectivity index (χ0v) is 18.8. The van der Waals surface area contributed by atoms with Gasteiger partial charge in [0.2, 0.25) is 0 Å². The molecule has 1 heterocycles. The van der Waals surface area contributed by atoms with E-state index in [1.807, 2.05) is 34.6 Å². The minimum absolute atomic E-state index is 0.420. The van der Waals surface area contributed by atoms with Crippen molar-refractivity contribution in [3.63, 3.8) is 0 Å². The molecule has 4 nitrogen and oxygen atoms in total. The van der Waals surface area contributed by atoms with E-state index >= 15 is 0 Å². The van der Waals surface area contributed by atoms with Gasteiger partial charge in [-0.05, 0) is 82.9 Å². The Morgan fingerprint density at radius 1 is 1.10 bits per heavy atom. The summed E-state index contributed by atoms with van der Waals surface area (Å²) in [6, 6.07) is 13.7. The van der Waals surface area contributed by atoms with E-state index < -0.39 is 17.0 Å². The number of hydrogen-bond donors (Lipinski definition) is 0. The second-order valence-corrected chi connectivity index (χ2v) is 9.25. The van der Waals surface area contributed by atoms with Gasteiger partial charge in [-0.25, -0.2) is 4.79 Å². The van der Waals surface area contributed by atoms with E-state index in [1.165, 1.54) is 11.1 Å². The van der Waals surface area contributed by atoms with Crippen molar-refractivity contribution >= 4 is 16.9 Å². The molecule has 1 aromatic heterocycles. The number of nitrogens with zero attached hydrogens (tertiary/aromatic N) is 1. The maximum atomic E-state index is 13.2. The van der Waals surface area contributed by atoms with E-state index in [2.05, 4.69) is 38.1 Å². The smallest absolute Gasteiger partial charge is 0.342 e. The van der Waals surface area contributed by atoms with Crippen LogP contribution >= 0.6 is 0 Å². The Kier molecular flexibility index (Phi) is 5.52. The van der Waals surface area contributed by atoms with Gasteiger partial charge >= 0.3 is 5.97 Å². The molecule has 0 atom stereocenters. The fraction of sp³-hybridized carbons (Fsp3) is 0.385. The largest absolute Gasteiger partial charge is 0.459 e. The molecule has 0 N–H and O–H groups in total. The minimum Gasteiger partial charge on any atom is -0.459 e. The van der Waals surface area contributed by atoms with Gasteiger partial charge in [-0.2, -0.15) is 5.26 Å². The highest BCUT2D eigenvalue weighted by molar-refractivity contribution is 6.05. The number of aryl methyl sites for hydroxylation is 2. The molecule has 0 aliphatic rings. The first-order valence-electron chi connectivity index (χ1n) is 10.3. The first kappa shape index (κ1) is 21.6. The number of nitriles is 1. The van der Waals surface area contributed by atoms with Crippen LogP contribution in [0.5, 0.6) is 0 Å². The molecule has 2 aromatic carbocycles. The number of esters is 1. The summed E-state index contributed by atoms with van der Waals surface area (Å²) in [5.41, 5.74) is 3.78. The van der Waals surface area contributed by atoms with Crippen LogP contribution in [-0.4, -0.2) is 11.6 Å². The molecular weight excluding hydrogens is 374 g/mol. The van der Waals surface area contributed by atoms with E-state index in [-0.39, 0.29) is 0 Å². The summed E-state index contributed by atoms with van der Waals surface area (Å²) in [6.45, 7) is 13.9. The van der Waals surface area contributed by atoms with Gasteiger partial charge in [-0.1, -0.05) is 25.1 Å². The molecule has 0 aliphatic heterocycles. The maximum Gasteiger partial charge on any atom is 0.342 e. The SMILES string of the molecule is CCc1ccc(C(C)(C)c2oc3cc(C#N)ccc3c2C(=O)OC(C)(C)C)cc1C. The molecule has 30 heavy (non-hydrogen) atoms.